The van der Waals surface area contributed by atoms with E-state index in [0.717, 1.165) is 32.6 Å². The number of aromatic nitrogens is 1. The van der Waals surface area contributed by atoms with Gasteiger partial charge in [-0.3, -0.25) is 9.59 Å². The molecule has 39 heavy (non-hydrogen) atoms. The number of nitrogens with one attached hydrogen (secondary N) is 2. The van der Waals surface area contributed by atoms with Crippen LogP contribution in [0.25, 0.3) is 10.9 Å². The molecule has 8 heteroatoms. The van der Waals surface area contributed by atoms with Gasteiger partial charge in [0.05, 0.1) is 12.5 Å². The van der Waals surface area contributed by atoms with E-state index in [2.05, 4.69) is 34.7 Å². The van der Waals surface area contributed by atoms with E-state index >= 15 is 0 Å². The van der Waals surface area contributed by atoms with Gasteiger partial charge in [-0.2, -0.15) is 0 Å². The number of hydrogen-bond acceptors (Lipinski definition) is 3. The van der Waals surface area contributed by atoms with Crippen molar-refractivity contribution in [3.63, 3.8) is 0 Å². The number of halogens is 2. The zero-order valence-electron chi connectivity index (χ0n) is 22.5. The number of nitrogens with two attached hydrogens (primary N) is 1. The molecule has 1 aromatic heterocycles. The van der Waals surface area contributed by atoms with Gasteiger partial charge in [0.25, 0.3) is 5.92 Å². The third-order valence-electron chi connectivity index (χ3n) is 8.66. The zero-order chi connectivity index (χ0) is 27.6. The van der Waals surface area contributed by atoms with Crippen LogP contribution in [0.3, 0.4) is 0 Å². The van der Waals surface area contributed by atoms with Crippen LogP contribution in [0.15, 0.2) is 54.7 Å². The fourth-order valence-electron chi connectivity index (χ4n) is 6.43. The average molecular weight is 537 g/mol. The van der Waals surface area contributed by atoms with Crippen molar-refractivity contribution in [2.24, 2.45) is 11.7 Å². The second-order valence-corrected chi connectivity index (χ2v) is 11.4. The summed E-state index contributed by atoms with van der Waals surface area (Å²) in [5, 5.41) is 4.87. The van der Waals surface area contributed by atoms with Gasteiger partial charge in [0.15, 0.2) is 0 Å². The predicted octanol–water partition coefficient (Wildman–Crippen LogP) is 5.23. The summed E-state index contributed by atoms with van der Waals surface area (Å²) in [5.74, 6) is -2.78. The van der Waals surface area contributed by atoms with Gasteiger partial charge in [0, 0.05) is 48.7 Å². The van der Waals surface area contributed by atoms with Crippen molar-refractivity contribution in [3.05, 3.63) is 71.4 Å². The fourth-order valence-corrected chi connectivity index (χ4v) is 6.43. The molecule has 0 radical (unpaired) electrons. The van der Waals surface area contributed by atoms with Gasteiger partial charge in [-0.05, 0) is 73.6 Å². The summed E-state index contributed by atoms with van der Waals surface area (Å²) in [6.07, 6.45) is 7.69. The molecule has 5 rings (SSSR count). The highest BCUT2D eigenvalue weighted by atomic mass is 19.3. The number of benzene rings is 2. The van der Waals surface area contributed by atoms with E-state index in [1.807, 2.05) is 6.07 Å². The first-order valence-electron chi connectivity index (χ1n) is 14.1. The van der Waals surface area contributed by atoms with Crippen LogP contribution in [-0.2, 0) is 21.9 Å². The molecule has 2 aliphatic rings. The molecule has 1 aliphatic heterocycles. The summed E-state index contributed by atoms with van der Waals surface area (Å²) >= 11 is 0. The molecule has 208 valence electrons. The summed E-state index contributed by atoms with van der Waals surface area (Å²) in [5.41, 5.74) is 8.89. The molecule has 2 fully saturated rings. The van der Waals surface area contributed by atoms with Gasteiger partial charge in [0.2, 0.25) is 11.8 Å². The molecule has 0 spiro atoms. The quantitative estimate of drug-likeness (QED) is 0.368. The van der Waals surface area contributed by atoms with Gasteiger partial charge in [0.1, 0.15) is 0 Å². The molecular formula is C31H38F2N4O2. The predicted molar refractivity (Wildman–Crippen MR) is 148 cm³/mol. The zero-order valence-corrected chi connectivity index (χ0v) is 22.5. The molecule has 4 N–H and O–H groups in total. The lowest BCUT2D eigenvalue weighted by atomic mass is 9.80. The second-order valence-electron chi connectivity index (χ2n) is 11.4. The summed E-state index contributed by atoms with van der Waals surface area (Å²) in [7, 11) is 0. The van der Waals surface area contributed by atoms with Crippen LogP contribution in [-0.4, -0.2) is 46.9 Å². The second kappa shape index (κ2) is 11.5. The smallest absolute Gasteiger partial charge is 0.270 e. The van der Waals surface area contributed by atoms with E-state index in [1.54, 1.807) is 17.0 Å². The van der Waals surface area contributed by atoms with E-state index in [4.69, 9.17) is 5.73 Å². The van der Waals surface area contributed by atoms with Gasteiger partial charge < -0.3 is 20.9 Å². The molecule has 2 aromatic carbocycles. The molecule has 1 unspecified atom stereocenters. The van der Waals surface area contributed by atoms with Crippen molar-refractivity contribution in [2.45, 2.75) is 75.8 Å². The number of nitrogens with zero attached hydrogens (tertiary/aromatic N) is 1. The number of likely N-dealkylation sites (tertiary alicyclic amines) is 1. The van der Waals surface area contributed by atoms with E-state index in [1.165, 1.54) is 28.6 Å². The number of primary amides is 1. The number of piperidine rings is 1. The number of carbonyl (C=O) groups is 2. The molecule has 1 atom stereocenters. The van der Waals surface area contributed by atoms with E-state index in [0.29, 0.717) is 37.4 Å². The number of carbonyl (C=O) groups excluding carboxylic acids is 2. The number of para-hydroxylation sites is 1. The maximum atomic E-state index is 13.7. The van der Waals surface area contributed by atoms with Gasteiger partial charge in [-0.1, -0.05) is 36.4 Å². The highest BCUT2D eigenvalue weighted by molar-refractivity contribution is 5.83. The van der Waals surface area contributed by atoms with Gasteiger partial charge in [-0.15, -0.1) is 0 Å². The minimum Gasteiger partial charge on any atom is -0.368 e. The lowest BCUT2D eigenvalue weighted by molar-refractivity contribution is -0.132. The first kappa shape index (κ1) is 27.3. The van der Waals surface area contributed by atoms with Gasteiger partial charge in [-0.25, -0.2) is 8.78 Å². The van der Waals surface area contributed by atoms with Crippen LogP contribution >= 0.6 is 0 Å². The maximum absolute atomic E-state index is 13.7. The minimum absolute atomic E-state index is 0.0694. The molecule has 2 heterocycles. The molecule has 1 saturated carbocycles. The molecule has 6 nitrogen and oxygen atoms in total. The van der Waals surface area contributed by atoms with E-state index in [-0.39, 0.29) is 35.8 Å². The fraction of sp³-hybridized carbons (Fsp3) is 0.484. The van der Waals surface area contributed by atoms with Crippen LogP contribution < -0.4 is 11.1 Å². The third-order valence-corrected chi connectivity index (χ3v) is 8.66. The Kier molecular flexibility index (Phi) is 8.03. The van der Waals surface area contributed by atoms with Crippen LogP contribution in [0.2, 0.25) is 0 Å². The first-order chi connectivity index (χ1) is 18.7. The normalized spacial score (nSPS) is 21.7. The Morgan fingerprint density at radius 1 is 1.05 bits per heavy atom. The number of H-pyrrole nitrogens is 1. The topological polar surface area (TPSA) is 91.2 Å². The molecule has 3 aromatic rings. The Morgan fingerprint density at radius 3 is 2.46 bits per heavy atom. The Hall–Kier alpha value is -3.26. The number of aromatic amines is 1. The summed E-state index contributed by atoms with van der Waals surface area (Å²) < 4.78 is 27.4. The van der Waals surface area contributed by atoms with E-state index in [9.17, 15) is 18.4 Å². The van der Waals surface area contributed by atoms with Crippen molar-refractivity contribution in [2.75, 3.05) is 13.1 Å². The number of hydrogen-bond donors (Lipinski definition) is 3. The third kappa shape index (κ3) is 6.32. The van der Waals surface area contributed by atoms with Crippen molar-refractivity contribution < 1.29 is 18.4 Å². The number of rotatable bonds is 8. The largest absolute Gasteiger partial charge is 0.368 e. The number of alkyl halides is 2. The summed E-state index contributed by atoms with van der Waals surface area (Å²) in [6.45, 7) is 1.93. The first-order valence-corrected chi connectivity index (χ1v) is 14.1. The van der Waals surface area contributed by atoms with Crippen molar-refractivity contribution in [1.82, 2.24) is 15.2 Å². The summed E-state index contributed by atoms with van der Waals surface area (Å²) in [6, 6.07) is 14.3. The lowest BCUT2D eigenvalue weighted by Gasteiger charge is -2.38. The van der Waals surface area contributed by atoms with E-state index < -0.39 is 12.0 Å². The highest BCUT2D eigenvalue weighted by Gasteiger charge is 2.34. The van der Waals surface area contributed by atoms with Crippen molar-refractivity contribution in [1.29, 1.82) is 0 Å². The van der Waals surface area contributed by atoms with Crippen LogP contribution in [0.4, 0.5) is 8.78 Å². The molecule has 1 saturated heterocycles. The van der Waals surface area contributed by atoms with Crippen LogP contribution in [0.1, 0.15) is 68.1 Å². The lowest BCUT2D eigenvalue weighted by Crippen LogP contribution is -2.54. The van der Waals surface area contributed by atoms with Crippen molar-refractivity contribution >= 4 is 22.7 Å². The van der Waals surface area contributed by atoms with Gasteiger partial charge >= 0.3 is 0 Å². The van der Waals surface area contributed by atoms with Crippen LogP contribution in [0, 0.1) is 5.92 Å². The monoisotopic (exact) mass is 536 g/mol. The standard InChI is InChI=1S/C31H38F2N4O2/c1-31(32,33)23-6-4-5-20(17-23)18-28(38)37-15-13-22(14-16-37)29(30(34)39)36-24-11-9-21(10-12-24)26-19-35-27-8-3-2-7-25(26)27/h2-8,17,19,21-22,24,29,35-36H,9-16,18H2,1H3,(H2,34,39). The molecule has 2 amide bonds. The maximum Gasteiger partial charge on any atom is 0.270 e. The summed E-state index contributed by atoms with van der Waals surface area (Å²) in [4.78, 5) is 30.5. The van der Waals surface area contributed by atoms with Crippen molar-refractivity contribution in [3.8, 4) is 0 Å². The Morgan fingerprint density at radius 2 is 1.77 bits per heavy atom. The Balaban J connectivity index is 1.12. The molecular weight excluding hydrogens is 498 g/mol. The SMILES string of the molecule is CC(F)(F)c1cccc(CC(=O)N2CCC(C(NC3CCC(c4c[nH]c5ccccc45)CC3)C(N)=O)CC2)c1. The minimum atomic E-state index is -2.94. The average Bonchev–Trinajstić information content (AvgIpc) is 3.36. The Labute approximate surface area is 228 Å². The Bertz CT molecular complexity index is 1300. The molecule has 1 aliphatic carbocycles. The van der Waals surface area contributed by atoms with Crippen LogP contribution in [0.5, 0.6) is 0 Å². The number of fused-ring (bicyclic) bond motifs is 1. The molecule has 0 bridgehead atoms. The highest BCUT2D eigenvalue weighted by Crippen LogP contribution is 2.37. The number of amides is 2.